The number of fused-ring (bicyclic) bond motifs is 1. The lowest BCUT2D eigenvalue weighted by Crippen LogP contribution is -2.36. The van der Waals surface area contributed by atoms with Crippen molar-refractivity contribution in [1.29, 1.82) is 0 Å². The lowest BCUT2D eigenvalue weighted by molar-refractivity contribution is 0.0646. The normalized spacial score (nSPS) is 16.9. The van der Waals surface area contributed by atoms with E-state index in [-0.39, 0.29) is 6.03 Å². The number of anilines is 3. The molecule has 0 aromatic heterocycles. The van der Waals surface area contributed by atoms with Crippen molar-refractivity contribution >= 4 is 29.4 Å². The van der Waals surface area contributed by atoms with Crippen LogP contribution in [0.4, 0.5) is 21.9 Å². The fraction of sp³-hybridized carbons (Fsp3) is 0.182. The molecule has 0 atom stereocenters. The summed E-state index contributed by atoms with van der Waals surface area (Å²) in [5, 5.41) is 7.23. The Morgan fingerprint density at radius 1 is 1.00 bits per heavy atom. The van der Waals surface area contributed by atoms with Gasteiger partial charge in [0.25, 0.3) is 0 Å². The number of carbonyl (C=O) groups excluding carboxylic acids is 1. The van der Waals surface area contributed by atoms with Crippen LogP contribution in [0.25, 0.3) is 0 Å². The molecule has 3 aliphatic rings. The van der Waals surface area contributed by atoms with Gasteiger partial charge in [0.05, 0.1) is 19.4 Å². The molecule has 2 amide bonds. The Hall–Kier alpha value is -4.18. The van der Waals surface area contributed by atoms with E-state index in [4.69, 9.17) is 9.57 Å². The first kappa shape index (κ1) is 19.8. The van der Waals surface area contributed by atoms with E-state index in [1.807, 2.05) is 24.3 Å². The highest BCUT2D eigenvalue weighted by molar-refractivity contribution is 5.99. The maximum atomic E-state index is 12.4. The Kier molecular flexibility index (Phi) is 5.50. The number of benzene rings is 2. The summed E-state index contributed by atoms with van der Waals surface area (Å²) in [4.78, 5) is 24.6. The molecule has 4 N–H and O–H groups in total. The van der Waals surface area contributed by atoms with Gasteiger partial charge >= 0.3 is 6.03 Å². The second-order valence-electron chi connectivity index (χ2n) is 7.27. The van der Waals surface area contributed by atoms with Gasteiger partial charge in [0.15, 0.2) is 5.75 Å². The summed E-state index contributed by atoms with van der Waals surface area (Å²) >= 11 is 0. The van der Waals surface area contributed by atoms with Gasteiger partial charge in [-0.3, -0.25) is 5.43 Å². The van der Waals surface area contributed by atoms with Gasteiger partial charge < -0.3 is 30.5 Å². The van der Waals surface area contributed by atoms with E-state index in [2.05, 4.69) is 31.4 Å². The summed E-state index contributed by atoms with van der Waals surface area (Å²) in [6.07, 6.45) is 5.06. The number of nitrogens with zero attached hydrogens (tertiary/aromatic N) is 3. The molecular formula is C22H23N7O3. The number of aliphatic imine (C=N–C) groups is 1. The lowest BCUT2D eigenvalue weighted by Gasteiger charge is -2.28. The molecule has 1 saturated heterocycles. The molecule has 0 unspecified atom stereocenters. The van der Waals surface area contributed by atoms with Crippen molar-refractivity contribution in [3.63, 3.8) is 0 Å². The zero-order chi connectivity index (χ0) is 21.8. The van der Waals surface area contributed by atoms with Crippen LogP contribution in [0.3, 0.4) is 0 Å². The molecule has 5 rings (SSSR count). The second kappa shape index (κ2) is 8.90. The number of urea groups is 1. The number of ether oxygens (including phenoxy) is 1. The molecule has 2 aromatic rings. The predicted octanol–water partition coefficient (Wildman–Crippen LogP) is 2.60. The molecule has 10 nitrogen and oxygen atoms in total. The van der Waals surface area contributed by atoms with Gasteiger partial charge in [0, 0.05) is 36.4 Å². The summed E-state index contributed by atoms with van der Waals surface area (Å²) < 4.78 is 5.38. The number of hydrogen-bond donors (Lipinski definition) is 4. The first-order valence-electron chi connectivity index (χ1n) is 10.3. The highest BCUT2D eigenvalue weighted by Gasteiger charge is 2.21. The van der Waals surface area contributed by atoms with E-state index < -0.39 is 0 Å². The van der Waals surface area contributed by atoms with E-state index in [1.165, 1.54) is 0 Å². The van der Waals surface area contributed by atoms with Crippen LogP contribution >= 0.6 is 0 Å². The lowest BCUT2D eigenvalue weighted by atomic mass is 10.2. The van der Waals surface area contributed by atoms with Crippen molar-refractivity contribution in [3.05, 3.63) is 72.3 Å². The van der Waals surface area contributed by atoms with E-state index in [0.29, 0.717) is 11.4 Å². The van der Waals surface area contributed by atoms with Gasteiger partial charge in [0.2, 0.25) is 0 Å². The third kappa shape index (κ3) is 4.44. The van der Waals surface area contributed by atoms with Crippen molar-refractivity contribution in [1.82, 2.24) is 15.9 Å². The number of hydroxylamine groups is 2. The van der Waals surface area contributed by atoms with Crippen molar-refractivity contribution in [2.45, 2.75) is 0 Å². The zero-order valence-corrected chi connectivity index (χ0v) is 17.2. The molecule has 0 spiro atoms. The molecule has 0 aliphatic carbocycles. The van der Waals surface area contributed by atoms with Crippen LogP contribution in [-0.2, 0) is 4.74 Å². The number of rotatable bonds is 5. The average Bonchev–Trinajstić information content (AvgIpc) is 3.31. The monoisotopic (exact) mass is 433 g/mol. The molecule has 2 aromatic carbocycles. The maximum Gasteiger partial charge on any atom is 0.323 e. The summed E-state index contributed by atoms with van der Waals surface area (Å²) in [5.74, 6) is 0.607. The van der Waals surface area contributed by atoms with Crippen LogP contribution in [-0.4, -0.2) is 43.7 Å². The highest BCUT2D eigenvalue weighted by atomic mass is 16.7. The maximum absolute atomic E-state index is 12.4. The molecule has 32 heavy (non-hydrogen) atoms. The summed E-state index contributed by atoms with van der Waals surface area (Å²) in [7, 11) is 0. The fourth-order valence-corrected chi connectivity index (χ4v) is 3.49. The molecule has 10 heteroatoms. The Morgan fingerprint density at radius 2 is 1.69 bits per heavy atom. The molecule has 164 valence electrons. The first-order valence-corrected chi connectivity index (χ1v) is 10.3. The summed E-state index contributed by atoms with van der Waals surface area (Å²) in [6, 6.07) is 14.6. The minimum absolute atomic E-state index is 0.316. The van der Waals surface area contributed by atoms with Crippen LogP contribution in [0.2, 0.25) is 0 Å². The molecule has 1 fully saturated rings. The minimum atomic E-state index is -0.316. The first-order chi connectivity index (χ1) is 15.7. The van der Waals surface area contributed by atoms with Crippen molar-refractivity contribution < 1.29 is 14.4 Å². The molecule has 3 aliphatic heterocycles. The van der Waals surface area contributed by atoms with Crippen LogP contribution in [0.1, 0.15) is 0 Å². The average molecular weight is 433 g/mol. The van der Waals surface area contributed by atoms with Gasteiger partial charge in [0.1, 0.15) is 17.7 Å². The third-order valence-electron chi connectivity index (χ3n) is 5.12. The fourth-order valence-electron chi connectivity index (χ4n) is 3.49. The number of carbonyl (C=O) groups is 1. The molecule has 0 bridgehead atoms. The predicted molar refractivity (Wildman–Crippen MR) is 122 cm³/mol. The van der Waals surface area contributed by atoms with Crippen LogP contribution < -0.4 is 31.2 Å². The SMILES string of the molecule is O=C(Nc1ccc(ON2C=NC=C3NNC=C32)cc1)Nc1ccc(N2CCOCC2)cc1. The Balaban J connectivity index is 1.14. The molecule has 0 radical (unpaired) electrons. The minimum Gasteiger partial charge on any atom is -0.378 e. The van der Waals surface area contributed by atoms with Gasteiger partial charge in [-0.05, 0) is 48.5 Å². The van der Waals surface area contributed by atoms with Crippen molar-refractivity contribution in [2.24, 2.45) is 4.99 Å². The van der Waals surface area contributed by atoms with Crippen LogP contribution in [0.5, 0.6) is 5.75 Å². The van der Waals surface area contributed by atoms with E-state index in [1.54, 1.807) is 48.1 Å². The smallest absolute Gasteiger partial charge is 0.323 e. The van der Waals surface area contributed by atoms with Gasteiger partial charge in [-0.25, -0.2) is 9.79 Å². The number of nitrogens with one attached hydrogen (secondary N) is 4. The van der Waals surface area contributed by atoms with Gasteiger partial charge in [-0.1, -0.05) is 0 Å². The van der Waals surface area contributed by atoms with Crippen molar-refractivity contribution in [3.8, 4) is 5.75 Å². The Morgan fingerprint density at radius 3 is 2.41 bits per heavy atom. The molecule has 0 saturated carbocycles. The third-order valence-corrected chi connectivity index (χ3v) is 5.12. The van der Waals surface area contributed by atoms with E-state index in [0.717, 1.165) is 49.1 Å². The van der Waals surface area contributed by atoms with Crippen molar-refractivity contribution in [2.75, 3.05) is 41.8 Å². The quantitative estimate of drug-likeness (QED) is 0.575. The highest BCUT2D eigenvalue weighted by Crippen LogP contribution is 2.23. The number of amides is 2. The van der Waals surface area contributed by atoms with E-state index in [9.17, 15) is 4.79 Å². The van der Waals surface area contributed by atoms with Gasteiger partial charge in [-0.15, -0.1) is 0 Å². The van der Waals surface area contributed by atoms with E-state index >= 15 is 0 Å². The molecule has 3 heterocycles. The molecular weight excluding hydrogens is 410 g/mol. The largest absolute Gasteiger partial charge is 0.378 e. The topological polar surface area (TPSA) is 102 Å². The summed E-state index contributed by atoms with van der Waals surface area (Å²) in [6.45, 7) is 3.23. The Bertz CT molecular complexity index is 1060. The second-order valence-corrected chi connectivity index (χ2v) is 7.27. The number of hydrogen-bond acceptors (Lipinski definition) is 8. The standard InChI is InChI=1S/C22H23N7O3/c30-22(25-16-1-5-18(6-2-16)28-9-11-31-12-10-28)26-17-3-7-19(8-4-17)32-29-15-23-13-20-21(29)14-24-27-20/h1-8,13-15,24,27H,9-12H2,(H2,25,26,30). The van der Waals surface area contributed by atoms with Crippen LogP contribution in [0, 0.1) is 0 Å². The number of morpholine rings is 1. The van der Waals surface area contributed by atoms with Crippen LogP contribution in [0.15, 0.2) is 77.3 Å². The zero-order valence-electron chi connectivity index (χ0n) is 17.2. The van der Waals surface area contributed by atoms with Gasteiger partial charge in [-0.2, -0.15) is 5.06 Å². The number of hydrazine groups is 1. The summed E-state index contributed by atoms with van der Waals surface area (Å²) in [5.41, 5.74) is 10.0. The Labute approximate surface area is 185 Å².